The Hall–Kier alpha value is -1.61. The molecule has 0 heterocycles. The summed E-state index contributed by atoms with van der Waals surface area (Å²) in [7, 11) is 0. The largest absolute Gasteiger partial charge is 0.489 e. The number of aliphatic hydroxyl groups excluding tert-OH is 1. The standard InChI is InChI=1S/C16H24N2O3/c1-3-18(9-10-20-4-2)12-15(19)13-21-16-8-6-5-7-14(16)11-17/h5-8,15,19H,3-4,9-10,12-13H2,1-2H3. The number of likely N-dealkylation sites (N-methyl/N-ethyl adjacent to an activating group) is 1. The summed E-state index contributed by atoms with van der Waals surface area (Å²) >= 11 is 0. The number of benzene rings is 1. The lowest BCUT2D eigenvalue weighted by atomic mass is 10.2. The maximum atomic E-state index is 10.0. The Morgan fingerprint density at radius 2 is 2.10 bits per heavy atom. The summed E-state index contributed by atoms with van der Waals surface area (Å²) < 4.78 is 10.8. The van der Waals surface area contributed by atoms with Crippen molar-refractivity contribution in [1.82, 2.24) is 4.90 Å². The molecule has 0 saturated heterocycles. The first-order valence-electron chi connectivity index (χ1n) is 7.31. The minimum Gasteiger partial charge on any atom is -0.489 e. The fourth-order valence-electron chi connectivity index (χ4n) is 1.94. The summed E-state index contributed by atoms with van der Waals surface area (Å²) in [5.74, 6) is 0.511. The molecule has 5 nitrogen and oxygen atoms in total. The second-order valence-electron chi connectivity index (χ2n) is 4.66. The Morgan fingerprint density at radius 1 is 1.33 bits per heavy atom. The molecule has 21 heavy (non-hydrogen) atoms. The van der Waals surface area contributed by atoms with Crippen LogP contribution >= 0.6 is 0 Å². The summed E-state index contributed by atoms with van der Waals surface area (Å²) in [6.07, 6.45) is -0.599. The number of ether oxygens (including phenoxy) is 2. The van der Waals surface area contributed by atoms with Gasteiger partial charge in [-0.05, 0) is 25.6 Å². The van der Waals surface area contributed by atoms with Crippen LogP contribution in [0.5, 0.6) is 5.75 Å². The smallest absolute Gasteiger partial charge is 0.137 e. The third-order valence-electron chi connectivity index (χ3n) is 3.11. The van der Waals surface area contributed by atoms with Gasteiger partial charge in [-0.25, -0.2) is 0 Å². The molecule has 0 amide bonds. The third kappa shape index (κ3) is 6.58. The summed E-state index contributed by atoms with van der Waals surface area (Å²) in [5.41, 5.74) is 0.480. The molecule has 116 valence electrons. The lowest BCUT2D eigenvalue weighted by Gasteiger charge is -2.23. The van der Waals surface area contributed by atoms with Gasteiger partial charge in [0.15, 0.2) is 0 Å². The Morgan fingerprint density at radius 3 is 2.76 bits per heavy atom. The van der Waals surface area contributed by atoms with Crippen molar-refractivity contribution in [2.45, 2.75) is 20.0 Å². The lowest BCUT2D eigenvalue weighted by Crippen LogP contribution is -2.37. The fourth-order valence-corrected chi connectivity index (χ4v) is 1.94. The zero-order chi connectivity index (χ0) is 15.5. The van der Waals surface area contributed by atoms with Crippen LogP contribution < -0.4 is 4.74 Å². The van der Waals surface area contributed by atoms with Crippen LogP contribution in [-0.2, 0) is 4.74 Å². The topological polar surface area (TPSA) is 65.7 Å². The highest BCUT2D eigenvalue weighted by Crippen LogP contribution is 2.16. The van der Waals surface area contributed by atoms with Gasteiger partial charge in [0.2, 0.25) is 0 Å². The second kappa shape index (κ2) is 10.2. The lowest BCUT2D eigenvalue weighted by molar-refractivity contribution is 0.0536. The zero-order valence-corrected chi connectivity index (χ0v) is 12.8. The van der Waals surface area contributed by atoms with Gasteiger partial charge in [-0.15, -0.1) is 0 Å². The first-order chi connectivity index (χ1) is 10.2. The van der Waals surface area contributed by atoms with Gasteiger partial charge in [-0.1, -0.05) is 19.1 Å². The number of hydrogen-bond acceptors (Lipinski definition) is 5. The molecule has 1 atom stereocenters. The van der Waals surface area contributed by atoms with E-state index in [1.54, 1.807) is 18.2 Å². The second-order valence-corrected chi connectivity index (χ2v) is 4.66. The van der Waals surface area contributed by atoms with Crippen LogP contribution in [0.2, 0.25) is 0 Å². The molecule has 0 saturated carbocycles. The van der Waals surface area contributed by atoms with E-state index in [9.17, 15) is 5.11 Å². The normalized spacial score (nSPS) is 12.1. The van der Waals surface area contributed by atoms with Crippen molar-refractivity contribution in [2.24, 2.45) is 0 Å². The zero-order valence-electron chi connectivity index (χ0n) is 12.8. The predicted molar refractivity (Wildman–Crippen MR) is 81.3 cm³/mol. The highest BCUT2D eigenvalue weighted by Gasteiger charge is 2.12. The quantitative estimate of drug-likeness (QED) is 0.664. The molecule has 5 heteroatoms. The molecule has 0 bridgehead atoms. The molecule has 1 aromatic rings. The average Bonchev–Trinajstić information content (AvgIpc) is 2.52. The molecular weight excluding hydrogens is 268 g/mol. The van der Waals surface area contributed by atoms with Crippen LogP contribution in [-0.4, -0.2) is 55.6 Å². The van der Waals surface area contributed by atoms with Gasteiger partial charge in [0.05, 0.1) is 12.2 Å². The number of aliphatic hydroxyl groups is 1. The van der Waals surface area contributed by atoms with Gasteiger partial charge >= 0.3 is 0 Å². The highest BCUT2D eigenvalue weighted by molar-refractivity contribution is 5.42. The molecule has 0 radical (unpaired) electrons. The van der Waals surface area contributed by atoms with Crippen molar-refractivity contribution in [3.63, 3.8) is 0 Å². The molecule has 0 aliphatic heterocycles. The van der Waals surface area contributed by atoms with Gasteiger partial charge in [0.1, 0.15) is 24.5 Å². The van der Waals surface area contributed by atoms with Crippen LogP contribution in [0, 0.1) is 11.3 Å². The van der Waals surface area contributed by atoms with Crippen LogP contribution in [0.4, 0.5) is 0 Å². The number of nitrogens with zero attached hydrogens (tertiary/aromatic N) is 2. The van der Waals surface area contributed by atoms with Crippen LogP contribution in [0.15, 0.2) is 24.3 Å². The first kappa shape index (κ1) is 17.4. The van der Waals surface area contributed by atoms with E-state index in [2.05, 4.69) is 11.0 Å². The number of hydrogen-bond donors (Lipinski definition) is 1. The van der Waals surface area contributed by atoms with Crippen molar-refractivity contribution < 1.29 is 14.6 Å². The van der Waals surface area contributed by atoms with E-state index in [0.717, 1.165) is 13.1 Å². The van der Waals surface area contributed by atoms with Crippen LogP contribution in [0.1, 0.15) is 19.4 Å². The Bertz CT molecular complexity index is 445. The van der Waals surface area contributed by atoms with E-state index in [1.807, 2.05) is 19.9 Å². The van der Waals surface area contributed by atoms with Crippen LogP contribution in [0.25, 0.3) is 0 Å². The summed E-state index contributed by atoms with van der Waals surface area (Å²) in [4.78, 5) is 2.11. The summed E-state index contributed by atoms with van der Waals surface area (Å²) in [5, 5.41) is 19.0. The average molecular weight is 292 g/mol. The van der Waals surface area contributed by atoms with Gasteiger partial charge in [-0.2, -0.15) is 5.26 Å². The van der Waals surface area contributed by atoms with Crippen molar-refractivity contribution in [2.75, 3.05) is 39.5 Å². The predicted octanol–water partition coefficient (Wildman–Crippen LogP) is 1.66. The van der Waals surface area contributed by atoms with Crippen molar-refractivity contribution in [3.8, 4) is 11.8 Å². The van der Waals surface area contributed by atoms with E-state index in [1.165, 1.54) is 0 Å². The van der Waals surface area contributed by atoms with Gasteiger partial charge < -0.3 is 14.6 Å². The van der Waals surface area contributed by atoms with Gasteiger partial charge in [0, 0.05) is 19.7 Å². The molecular formula is C16H24N2O3. The molecule has 0 aliphatic carbocycles. The van der Waals surface area contributed by atoms with Gasteiger partial charge in [-0.3, -0.25) is 4.90 Å². The number of para-hydroxylation sites is 1. The summed E-state index contributed by atoms with van der Waals surface area (Å²) in [6, 6.07) is 9.10. The van der Waals surface area contributed by atoms with Crippen molar-refractivity contribution in [1.29, 1.82) is 5.26 Å². The molecule has 0 fully saturated rings. The maximum Gasteiger partial charge on any atom is 0.137 e. The van der Waals surface area contributed by atoms with E-state index in [4.69, 9.17) is 14.7 Å². The Kier molecular flexibility index (Phi) is 8.44. The fraction of sp³-hybridized carbons (Fsp3) is 0.562. The van der Waals surface area contributed by atoms with Crippen molar-refractivity contribution in [3.05, 3.63) is 29.8 Å². The Balaban J connectivity index is 2.38. The molecule has 1 unspecified atom stereocenters. The molecule has 1 N–H and O–H groups in total. The highest BCUT2D eigenvalue weighted by atomic mass is 16.5. The number of rotatable bonds is 10. The number of nitriles is 1. The molecule has 0 aromatic heterocycles. The van der Waals surface area contributed by atoms with Crippen LogP contribution in [0.3, 0.4) is 0 Å². The van der Waals surface area contributed by atoms with Gasteiger partial charge in [0.25, 0.3) is 0 Å². The minimum absolute atomic E-state index is 0.170. The van der Waals surface area contributed by atoms with E-state index >= 15 is 0 Å². The molecule has 0 aliphatic rings. The summed E-state index contributed by atoms with van der Waals surface area (Å²) in [6.45, 7) is 7.71. The van der Waals surface area contributed by atoms with E-state index in [0.29, 0.717) is 31.1 Å². The molecule has 1 rings (SSSR count). The van der Waals surface area contributed by atoms with E-state index < -0.39 is 6.10 Å². The molecule has 1 aromatic carbocycles. The van der Waals surface area contributed by atoms with E-state index in [-0.39, 0.29) is 6.61 Å². The minimum atomic E-state index is -0.599. The maximum absolute atomic E-state index is 10.0. The SMILES string of the molecule is CCOCCN(CC)CC(O)COc1ccccc1C#N. The first-order valence-corrected chi connectivity index (χ1v) is 7.31. The monoisotopic (exact) mass is 292 g/mol. The van der Waals surface area contributed by atoms with Crippen molar-refractivity contribution >= 4 is 0 Å². The Labute approximate surface area is 126 Å². The third-order valence-corrected chi connectivity index (χ3v) is 3.11. The molecule has 0 spiro atoms.